The molecule has 2 aromatic rings. The average molecular weight is 506 g/mol. The summed E-state index contributed by atoms with van der Waals surface area (Å²) < 4.78 is 37.1. The number of amides is 2. The van der Waals surface area contributed by atoms with Crippen molar-refractivity contribution < 1.29 is 27.5 Å². The zero-order valence-corrected chi connectivity index (χ0v) is 22.2. The number of anilines is 1. The van der Waals surface area contributed by atoms with E-state index in [2.05, 4.69) is 5.32 Å². The minimum Gasteiger partial charge on any atom is -0.497 e. The van der Waals surface area contributed by atoms with Crippen molar-refractivity contribution in [3.8, 4) is 11.5 Å². The van der Waals surface area contributed by atoms with Crippen molar-refractivity contribution in [1.29, 1.82) is 0 Å². The molecule has 0 fully saturated rings. The van der Waals surface area contributed by atoms with Gasteiger partial charge in [-0.25, -0.2) is 8.42 Å². The van der Waals surface area contributed by atoms with Gasteiger partial charge in [0.15, 0.2) is 0 Å². The lowest BCUT2D eigenvalue weighted by atomic mass is 10.1. The summed E-state index contributed by atoms with van der Waals surface area (Å²) >= 11 is 0. The van der Waals surface area contributed by atoms with Crippen LogP contribution >= 0.6 is 0 Å². The molecular weight excluding hydrogens is 470 g/mol. The molecule has 2 aromatic carbocycles. The fourth-order valence-electron chi connectivity index (χ4n) is 3.46. The number of carbonyl (C=O) groups is 2. The van der Waals surface area contributed by atoms with E-state index in [1.807, 2.05) is 45.0 Å². The smallest absolute Gasteiger partial charge is 0.244 e. The molecule has 0 aromatic heterocycles. The molecule has 0 saturated carbocycles. The summed E-state index contributed by atoms with van der Waals surface area (Å²) in [5.74, 6) is -0.194. The van der Waals surface area contributed by atoms with Crippen LogP contribution in [-0.4, -0.2) is 64.2 Å². The maximum absolute atomic E-state index is 13.6. The van der Waals surface area contributed by atoms with Gasteiger partial charge in [-0.15, -0.1) is 0 Å². The molecule has 0 aliphatic rings. The topological polar surface area (TPSA) is 105 Å². The molecule has 9 nitrogen and oxygen atoms in total. The number of nitrogens with one attached hydrogen (secondary N) is 1. The first-order valence-corrected chi connectivity index (χ1v) is 13.1. The Bertz CT molecular complexity index is 1130. The van der Waals surface area contributed by atoms with E-state index in [9.17, 15) is 18.0 Å². The Morgan fingerprint density at radius 2 is 1.63 bits per heavy atom. The van der Waals surface area contributed by atoms with Crippen LogP contribution in [0.1, 0.15) is 31.9 Å². The minimum absolute atomic E-state index is 0.116. The lowest BCUT2D eigenvalue weighted by Crippen LogP contribution is -2.52. The van der Waals surface area contributed by atoms with Crippen molar-refractivity contribution >= 4 is 27.5 Å². The molecule has 0 saturated heterocycles. The quantitative estimate of drug-likeness (QED) is 0.504. The fourth-order valence-corrected chi connectivity index (χ4v) is 4.31. The standard InChI is InChI=1S/C25H35N3O6S/c1-17(2)26-25(30)19(4)27(15-20-10-8-18(3)9-11-20)24(29)16-28(35(7,31)32)22-14-21(33-5)12-13-23(22)34-6/h8-14,17,19H,15-16H2,1-7H3,(H,26,30). The van der Waals surface area contributed by atoms with Crippen LogP contribution in [0.15, 0.2) is 42.5 Å². The van der Waals surface area contributed by atoms with Gasteiger partial charge >= 0.3 is 0 Å². The highest BCUT2D eigenvalue weighted by atomic mass is 32.2. The van der Waals surface area contributed by atoms with Gasteiger partial charge in [0, 0.05) is 18.7 Å². The number of sulfonamides is 1. The van der Waals surface area contributed by atoms with Crippen LogP contribution in [0.2, 0.25) is 0 Å². The second kappa shape index (κ2) is 11.9. The number of hydrogen-bond donors (Lipinski definition) is 1. The van der Waals surface area contributed by atoms with Crippen molar-refractivity contribution in [2.24, 2.45) is 0 Å². The van der Waals surface area contributed by atoms with Crippen molar-refractivity contribution in [1.82, 2.24) is 10.2 Å². The summed E-state index contributed by atoms with van der Waals surface area (Å²) in [5.41, 5.74) is 2.04. The van der Waals surface area contributed by atoms with Gasteiger partial charge in [-0.1, -0.05) is 29.8 Å². The molecule has 10 heteroatoms. The first kappa shape index (κ1) is 28.0. The monoisotopic (exact) mass is 505 g/mol. The van der Waals surface area contributed by atoms with Gasteiger partial charge in [0.05, 0.1) is 26.2 Å². The summed E-state index contributed by atoms with van der Waals surface area (Å²) in [6.07, 6.45) is 1.01. The number of carbonyl (C=O) groups excluding carboxylic acids is 2. The molecule has 0 bridgehead atoms. The third-order valence-corrected chi connectivity index (χ3v) is 6.53. The molecule has 192 valence electrons. The molecule has 1 atom stereocenters. The van der Waals surface area contributed by atoms with Gasteiger partial charge in [-0.05, 0) is 45.4 Å². The largest absolute Gasteiger partial charge is 0.497 e. The van der Waals surface area contributed by atoms with Crippen molar-refractivity contribution in [3.05, 3.63) is 53.6 Å². The Morgan fingerprint density at radius 1 is 1.00 bits per heavy atom. The lowest BCUT2D eigenvalue weighted by molar-refractivity contribution is -0.139. The molecule has 0 aliphatic heterocycles. The van der Waals surface area contributed by atoms with E-state index in [0.29, 0.717) is 5.75 Å². The van der Waals surface area contributed by atoms with Crippen LogP contribution in [0, 0.1) is 6.92 Å². The Morgan fingerprint density at radius 3 is 2.14 bits per heavy atom. The summed E-state index contributed by atoms with van der Waals surface area (Å²) in [6, 6.07) is 11.3. The Labute approximate surface area is 208 Å². The summed E-state index contributed by atoms with van der Waals surface area (Å²) in [5, 5.41) is 2.82. The van der Waals surface area contributed by atoms with Gasteiger partial charge in [0.2, 0.25) is 21.8 Å². The van der Waals surface area contributed by atoms with E-state index in [0.717, 1.165) is 21.7 Å². The summed E-state index contributed by atoms with van der Waals surface area (Å²) in [4.78, 5) is 27.8. The maximum Gasteiger partial charge on any atom is 0.244 e. The molecule has 0 spiro atoms. The normalized spacial score (nSPS) is 12.1. The highest BCUT2D eigenvalue weighted by Gasteiger charge is 2.31. The SMILES string of the molecule is COc1ccc(OC)c(N(CC(=O)N(Cc2ccc(C)cc2)C(C)C(=O)NC(C)C)S(C)(=O)=O)c1. The highest BCUT2D eigenvalue weighted by Crippen LogP contribution is 2.34. The van der Waals surface area contributed by atoms with Crippen LogP contribution in [-0.2, 0) is 26.2 Å². The van der Waals surface area contributed by atoms with Crippen molar-refractivity contribution in [2.75, 3.05) is 31.3 Å². The van der Waals surface area contributed by atoms with E-state index in [1.54, 1.807) is 19.1 Å². The first-order valence-electron chi connectivity index (χ1n) is 11.2. The molecule has 1 unspecified atom stereocenters. The van der Waals surface area contributed by atoms with E-state index < -0.39 is 28.5 Å². The third kappa shape index (κ3) is 7.61. The first-order chi connectivity index (χ1) is 16.4. The zero-order valence-electron chi connectivity index (χ0n) is 21.4. The Kier molecular flexibility index (Phi) is 9.53. The fraction of sp³-hybridized carbons (Fsp3) is 0.440. The van der Waals surface area contributed by atoms with Gasteiger partial charge in [-0.2, -0.15) is 0 Å². The predicted molar refractivity (Wildman–Crippen MR) is 136 cm³/mol. The number of hydrogen-bond acceptors (Lipinski definition) is 6. The second-order valence-corrected chi connectivity index (χ2v) is 10.6. The molecule has 35 heavy (non-hydrogen) atoms. The zero-order chi connectivity index (χ0) is 26.3. The molecule has 0 aliphatic carbocycles. The number of nitrogens with zero attached hydrogens (tertiary/aromatic N) is 2. The lowest BCUT2D eigenvalue weighted by Gasteiger charge is -2.32. The van der Waals surface area contributed by atoms with Crippen LogP contribution in [0.4, 0.5) is 5.69 Å². The number of rotatable bonds is 11. The minimum atomic E-state index is -3.90. The summed E-state index contributed by atoms with van der Waals surface area (Å²) in [7, 11) is -1.03. The van der Waals surface area contributed by atoms with E-state index in [1.165, 1.54) is 25.2 Å². The molecule has 0 heterocycles. The Hall–Kier alpha value is -3.27. The van der Waals surface area contributed by atoms with E-state index >= 15 is 0 Å². The third-order valence-electron chi connectivity index (χ3n) is 5.41. The molecule has 0 radical (unpaired) electrons. The predicted octanol–water partition coefficient (Wildman–Crippen LogP) is 2.72. The number of benzene rings is 2. The van der Waals surface area contributed by atoms with Crippen LogP contribution < -0.4 is 19.1 Å². The number of aryl methyl sites for hydroxylation is 1. The van der Waals surface area contributed by atoms with Gasteiger partial charge in [0.1, 0.15) is 24.1 Å². The molecule has 2 amide bonds. The number of methoxy groups -OCH3 is 2. The van der Waals surface area contributed by atoms with Gasteiger partial charge in [0.25, 0.3) is 0 Å². The molecular formula is C25H35N3O6S. The Balaban J connectivity index is 2.47. The van der Waals surface area contributed by atoms with Crippen molar-refractivity contribution in [3.63, 3.8) is 0 Å². The van der Waals surface area contributed by atoms with Gasteiger partial charge in [-0.3, -0.25) is 13.9 Å². The van der Waals surface area contributed by atoms with Crippen molar-refractivity contribution in [2.45, 2.75) is 46.3 Å². The van der Waals surface area contributed by atoms with Crippen LogP contribution in [0.3, 0.4) is 0 Å². The van der Waals surface area contributed by atoms with Crippen LogP contribution in [0.25, 0.3) is 0 Å². The molecule has 1 N–H and O–H groups in total. The highest BCUT2D eigenvalue weighted by molar-refractivity contribution is 7.92. The second-order valence-electron chi connectivity index (χ2n) is 8.65. The average Bonchev–Trinajstić information content (AvgIpc) is 2.79. The maximum atomic E-state index is 13.6. The van der Waals surface area contributed by atoms with Crippen LogP contribution in [0.5, 0.6) is 11.5 Å². The molecule has 2 rings (SSSR count). The number of ether oxygens (including phenoxy) is 2. The van der Waals surface area contributed by atoms with E-state index in [4.69, 9.17) is 9.47 Å². The van der Waals surface area contributed by atoms with E-state index in [-0.39, 0.29) is 29.9 Å². The summed E-state index contributed by atoms with van der Waals surface area (Å²) in [6.45, 7) is 6.86. The van der Waals surface area contributed by atoms with Gasteiger partial charge < -0.3 is 19.7 Å².